The van der Waals surface area contributed by atoms with Gasteiger partial charge in [0.2, 0.25) is 5.96 Å². The molecule has 0 aliphatic heterocycles. The molecule has 13 heteroatoms. The Balaban J connectivity index is 0.00000256. The number of hydrogen-bond donors (Lipinski definition) is 3. The first-order valence-electron chi connectivity index (χ1n) is 8.53. The van der Waals surface area contributed by atoms with Gasteiger partial charge in [0, 0.05) is 29.2 Å². The summed E-state index contributed by atoms with van der Waals surface area (Å²) in [5, 5.41) is 9.44. The number of anilines is 1. The summed E-state index contributed by atoms with van der Waals surface area (Å²) in [6.07, 6.45) is 2.23. The molecule has 5 N–H and O–H groups in total. The van der Waals surface area contributed by atoms with E-state index in [-0.39, 0.29) is 34.0 Å². The van der Waals surface area contributed by atoms with Gasteiger partial charge in [-0.05, 0) is 23.1 Å². The van der Waals surface area contributed by atoms with Crippen LogP contribution >= 0.6 is 35.3 Å². The molecule has 0 bridgehead atoms. The molecule has 0 saturated carbocycles. The summed E-state index contributed by atoms with van der Waals surface area (Å²) in [4.78, 5) is 4.58. The first-order chi connectivity index (χ1) is 13.6. The second-order valence-electron chi connectivity index (χ2n) is 7.26. The zero-order valence-corrected chi connectivity index (χ0v) is 19.2. The Bertz CT molecular complexity index is 1290. The van der Waals surface area contributed by atoms with Crippen molar-refractivity contribution in [2.45, 2.75) is 30.7 Å². The highest BCUT2D eigenvalue weighted by Gasteiger charge is 2.35. The lowest BCUT2D eigenvalue weighted by Gasteiger charge is -2.18. The molecule has 9 nitrogen and oxygen atoms in total. The summed E-state index contributed by atoms with van der Waals surface area (Å²) in [5.41, 5.74) is 13.5. The summed E-state index contributed by atoms with van der Waals surface area (Å²) >= 11 is 7.38. The van der Waals surface area contributed by atoms with Gasteiger partial charge >= 0.3 is 0 Å². The number of nitrogens with two attached hydrogens (primary N) is 2. The van der Waals surface area contributed by atoms with Gasteiger partial charge in [0.1, 0.15) is 0 Å². The van der Waals surface area contributed by atoms with Crippen molar-refractivity contribution in [3.8, 4) is 0 Å². The molecule has 160 valence electrons. The number of guanidine groups is 1. The Morgan fingerprint density at radius 2 is 2.10 bits per heavy atom. The number of nitrogens with zero attached hydrogens (tertiary/aromatic N) is 4. The predicted molar refractivity (Wildman–Crippen MR) is 123 cm³/mol. The van der Waals surface area contributed by atoms with Crippen LogP contribution in [0.1, 0.15) is 31.4 Å². The Morgan fingerprint density at radius 1 is 1.37 bits per heavy atom. The number of fused-ring (bicyclic) bond motifs is 2. The van der Waals surface area contributed by atoms with E-state index in [1.807, 2.05) is 6.07 Å². The van der Waals surface area contributed by atoms with E-state index >= 15 is 0 Å². The van der Waals surface area contributed by atoms with E-state index in [9.17, 15) is 8.42 Å². The molecular formula is C17H19Cl2N7O2S2. The van der Waals surface area contributed by atoms with Crippen LogP contribution in [0.4, 0.5) is 5.69 Å². The van der Waals surface area contributed by atoms with Crippen LogP contribution in [0.5, 0.6) is 0 Å². The number of sulfonamides is 1. The van der Waals surface area contributed by atoms with E-state index in [0.29, 0.717) is 22.8 Å². The minimum atomic E-state index is -3.97. The predicted octanol–water partition coefficient (Wildman–Crippen LogP) is 2.93. The number of halogens is 2. The summed E-state index contributed by atoms with van der Waals surface area (Å²) in [7, 11) is -3.97. The van der Waals surface area contributed by atoms with Crippen LogP contribution in [0.3, 0.4) is 0 Å². The summed E-state index contributed by atoms with van der Waals surface area (Å²) in [6, 6.07) is 5.31. The number of hydrogen-bond acceptors (Lipinski definition) is 6. The molecule has 0 saturated heterocycles. The van der Waals surface area contributed by atoms with E-state index in [1.165, 1.54) is 15.7 Å². The summed E-state index contributed by atoms with van der Waals surface area (Å²) in [5.74, 6) is -0.143. The first kappa shape index (κ1) is 22.3. The molecule has 0 amide bonds. The van der Waals surface area contributed by atoms with Crippen LogP contribution < -0.4 is 16.2 Å². The Morgan fingerprint density at radius 3 is 2.80 bits per heavy atom. The zero-order valence-electron chi connectivity index (χ0n) is 16.0. The Labute approximate surface area is 188 Å². The first-order valence-corrected chi connectivity index (χ1v) is 11.3. The van der Waals surface area contributed by atoms with Crippen molar-refractivity contribution in [2.24, 2.45) is 21.7 Å². The normalized spacial score (nSPS) is 16.3. The van der Waals surface area contributed by atoms with Crippen molar-refractivity contribution in [2.75, 3.05) is 4.72 Å². The quantitative estimate of drug-likeness (QED) is 0.294. The van der Waals surface area contributed by atoms with Gasteiger partial charge in [-0.25, -0.2) is 4.98 Å². The molecule has 1 aliphatic carbocycles. The fraction of sp³-hybridized carbons (Fsp3) is 0.235. The third-order valence-electron chi connectivity index (χ3n) is 4.64. The van der Waals surface area contributed by atoms with Crippen molar-refractivity contribution in [3.05, 3.63) is 46.1 Å². The lowest BCUT2D eigenvalue weighted by atomic mass is 9.86. The Kier molecular flexibility index (Phi) is 5.76. The van der Waals surface area contributed by atoms with E-state index in [0.717, 1.165) is 11.1 Å². The topological polar surface area (TPSA) is 140 Å². The number of imidazole rings is 1. The number of nitrogens with one attached hydrogen (secondary N) is 1. The number of benzene rings is 1. The molecule has 0 unspecified atom stereocenters. The second kappa shape index (κ2) is 7.73. The fourth-order valence-electron chi connectivity index (χ4n) is 3.44. The maximum Gasteiger partial charge on any atom is 0.281 e. The number of rotatable bonds is 4. The molecule has 2 heterocycles. The van der Waals surface area contributed by atoms with Crippen LogP contribution in [0.2, 0.25) is 5.15 Å². The van der Waals surface area contributed by atoms with Gasteiger partial charge < -0.3 is 11.5 Å². The maximum atomic E-state index is 13.0. The van der Waals surface area contributed by atoms with Gasteiger partial charge in [0.15, 0.2) is 15.1 Å². The number of aromatic nitrogens is 2. The highest BCUT2D eigenvalue weighted by Crippen LogP contribution is 2.40. The van der Waals surface area contributed by atoms with Crippen LogP contribution in [0.25, 0.3) is 4.96 Å². The molecule has 0 spiro atoms. The standard InChI is InChI=1S/C17H18ClN7O2S2.ClH/c1-17(2)8-12(22-23-15(19)20)10-7-9(3-4-11(10)17)24-29(26,27)14-13(18)21-16-25(14)5-6-28-16;/h3-7,24H,8H2,1-2H3,(H4,19,20,23);1H. The van der Waals surface area contributed by atoms with Crippen LogP contribution in [-0.4, -0.2) is 29.5 Å². The number of thiazole rings is 1. The fourth-order valence-corrected chi connectivity index (χ4v) is 5.94. The third kappa shape index (κ3) is 3.85. The van der Waals surface area contributed by atoms with Crippen LogP contribution in [0.15, 0.2) is 45.0 Å². The largest absolute Gasteiger partial charge is 0.369 e. The van der Waals surface area contributed by atoms with Gasteiger partial charge in [-0.2, -0.15) is 13.5 Å². The molecule has 1 aromatic carbocycles. The molecule has 0 fully saturated rings. The average Bonchev–Trinajstić information content (AvgIpc) is 3.23. The molecule has 30 heavy (non-hydrogen) atoms. The van der Waals surface area contributed by atoms with Crippen LogP contribution in [0, 0.1) is 0 Å². The zero-order chi connectivity index (χ0) is 21.0. The van der Waals surface area contributed by atoms with Gasteiger partial charge in [0.25, 0.3) is 10.0 Å². The van der Waals surface area contributed by atoms with Gasteiger partial charge in [-0.1, -0.05) is 31.5 Å². The highest BCUT2D eigenvalue weighted by atomic mass is 35.5. The smallest absolute Gasteiger partial charge is 0.281 e. The minimum Gasteiger partial charge on any atom is -0.369 e. The van der Waals surface area contributed by atoms with Crippen molar-refractivity contribution >= 4 is 67.7 Å². The van der Waals surface area contributed by atoms with Crippen molar-refractivity contribution in [1.29, 1.82) is 0 Å². The molecular weight excluding hydrogens is 469 g/mol. The third-order valence-corrected chi connectivity index (χ3v) is 7.18. The van der Waals surface area contributed by atoms with Crippen molar-refractivity contribution in [1.82, 2.24) is 9.38 Å². The SMILES string of the molecule is CC1(C)CC(=NN=C(N)N)c2cc(NS(=O)(=O)c3c(Cl)nc4sccn34)ccc21.Cl. The highest BCUT2D eigenvalue weighted by molar-refractivity contribution is 7.92. The summed E-state index contributed by atoms with van der Waals surface area (Å²) < 4.78 is 30.0. The van der Waals surface area contributed by atoms with E-state index in [2.05, 4.69) is 33.8 Å². The molecule has 2 aromatic heterocycles. The lowest BCUT2D eigenvalue weighted by Crippen LogP contribution is -2.22. The lowest BCUT2D eigenvalue weighted by molar-refractivity contribution is 0.568. The van der Waals surface area contributed by atoms with E-state index < -0.39 is 10.0 Å². The average molecular weight is 488 g/mol. The Hall–Kier alpha value is -2.34. The second-order valence-corrected chi connectivity index (χ2v) is 10.1. The van der Waals surface area contributed by atoms with Crippen molar-refractivity contribution < 1.29 is 8.42 Å². The molecule has 4 rings (SSSR count). The van der Waals surface area contributed by atoms with Gasteiger partial charge in [0.05, 0.1) is 5.71 Å². The van der Waals surface area contributed by atoms with Gasteiger partial charge in [-0.3, -0.25) is 9.12 Å². The molecule has 3 aromatic rings. The molecule has 1 aliphatic rings. The monoisotopic (exact) mass is 487 g/mol. The molecule has 0 atom stereocenters. The maximum absolute atomic E-state index is 13.0. The van der Waals surface area contributed by atoms with E-state index in [1.54, 1.807) is 23.7 Å². The van der Waals surface area contributed by atoms with Crippen molar-refractivity contribution in [3.63, 3.8) is 0 Å². The van der Waals surface area contributed by atoms with Gasteiger partial charge in [-0.15, -0.1) is 28.8 Å². The van der Waals surface area contributed by atoms with Crippen LogP contribution in [-0.2, 0) is 15.4 Å². The summed E-state index contributed by atoms with van der Waals surface area (Å²) in [6.45, 7) is 4.15. The van der Waals surface area contributed by atoms with E-state index in [4.69, 9.17) is 23.1 Å². The minimum absolute atomic E-state index is 0. The molecule has 0 radical (unpaired) electrons.